The fourth-order valence-corrected chi connectivity index (χ4v) is 3.94. The number of nitrogens with one attached hydrogen (secondary N) is 1. The molecule has 0 fully saturated rings. The molecule has 4 aromatic carbocycles. The molecule has 0 aromatic heterocycles. The van der Waals surface area contributed by atoms with Gasteiger partial charge in [-0.05, 0) is 45.3 Å². The summed E-state index contributed by atoms with van der Waals surface area (Å²) in [7, 11) is 1.31. The number of benzene rings is 4. The standard InChI is InChI=1S/C25H20ClNO3/c1-30-25(29)22(14-16-7-6-10-19(26)13-16)27-24(28)23-20-11-4-2-8-17(20)15-18-9-3-5-12-21(18)23/h2-13,15,22H,14H2,1H3,(H,27,28)/t22-/m1/s1. The summed E-state index contributed by atoms with van der Waals surface area (Å²) < 4.78 is 4.94. The zero-order valence-corrected chi connectivity index (χ0v) is 17.1. The molecule has 0 aliphatic heterocycles. The molecular formula is C25H20ClNO3. The number of methoxy groups -OCH3 is 1. The molecule has 5 heteroatoms. The van der Waals surface area contributed by atoms with E-state index in [0.29, 0.717) is 10.6 Å². The van der Waals surface area contributed by atoms with Gasteiger partial charge in [-0.2, -0.15) is 0 Å². The number of ether oxygens (including phenoxy) is 1. The van der Waals surface area contributed by atoms with E-state index in [-0.39, 0.29) is 12.3 Å². The molecule has 0 saturated heterocycles. The van der Waals surface area contributed by atoms with Crippen LogP contribution in [0.4, 0.5) is 0 Å². The van der Waals surface area contributed by atoms with E-state index in [1.807, 2.05) is 60.7 Å². The Morgan fingerprint density at radius 3 is 2.13 bits per heavy atom. The van der Waals surface area contributed by atoms with Crippen LogP contribution in [0.1, 0.15) is 15.9 Å². The van der Waals surface area contributed by atoms with Crippen LogP contribution >= 0.6 is 11.6 Å². The molecule has 0 unspecified atom stereocenters. The number of carbonyl (C=O) groups is 2. The zero-order valence-electron chi connectivity index (χ0n) is 16.4. The lowest BCUT2D eigenvalue weighted by Gasteiger charge is -2.18. The van der Waals surface area contributed by atoms with Crippen LogP contribution in [0, 0.1) is 0 Å². The Morgan fingerprint density at radius 1 is 0.900 bits per heavy atom. The van der Waals surface area contributed by atoms with E-state index < -0.39 is 12.0 Å². The Bertz CT molecular complexity index is 1200. The molecule has 150 valence electrons. The van der Waals surface area contributed by atoms with Gasteiger partial charge in [0, 0.05) is 11.4 Å². The average Bonchev–Trinajstić information content (AvgIpc) is 2.76. The van der Waals surface area contributed by atoms with Crippen LogP contribution in [0.5, 0.6) is 0 Å². The van der Waals surface area contributed by atoms with E-state index in [2.05, 4.69) is 11.4 Å². The molecule has 0 saturated carbocycles. The maximum absolute atomic E-state index is 13.4. The van der Waals surface area contributed by atoms with Crippen LogP contribution in [0.25, 0.3) is 21.5 Å². The van der Waals surface area contributed by atoms with Gasteiger partial charge in [0.15, 0.2) is 0 Å². The van der Waals surface area contributed by atoms with Crippen molar-refractivity contribution < 1.29 is 14.3 Å². The Hall–Kier alpha value is -3.37. The van der Waals surface area contributed by atoms with Crippen LogP contribution in [-0.2, 0) is 16.0 Å². The van der Waals surface area contributed by atoms with Gasteiger partial charge < -0.3 is 10.1 Å². The van der Waals surface area contributed by atoms with Crippen molar-refractivity contribution >= 4 is 45.0 Å². The fraction of sp³-hybridized carbons (Fsp3) is 0.120. The summed E-state index contributed by atoms with van der Waals surface area (Å²) in [4.78, 5) is 25.8. The van der Waals surface area contributed by atoms with Gasteiger partial charge in [-0.1, -0.05) is 72.3 Å². The number of carbonyl (C=O) groups excluding carboxylic acids is 2. The van der Waals surface area contributed by atoms with E-state index in [9.17, 15) is 9.59 Å². The molecule has 0 spiro atoms. The summed E-state index contributed by atoms with van der Waals surface area (Å²) in [5.41, 5.74) is 1.38. The minimum absolute atomic E-state index is 0.279. The second kappa shape index (κ2) is 8.56. The maximum Gasteiger partial charge on any atom is 0.328 e. The average molecular weight is 418 g/mol. The maximum atomic E-state index is 13.4. The van der Waals surface area contributed by atoms with Crippen molar-refractivity contribution in [3.8, 4) is 0 Å². The first-order chi connectivity index (χ1) is 14.6. The lowest BCUT2D eigenvalue weighted by Crippen LogP contribution is -2.43. The van der Waals surface area contributed by atoms with Gasteiger partial charge in [0.2, 0.25) is 0 Å². The smallest absolute Gasteiger partial charge is 0.328 e. The monoisotopic (exact) mass is 417 g/mol. The highest BCUT2D eigenvalue weighted by Crippen LogP contribution is 2.28. The highest BCUT2D eigenvalue weighted by Gasteiger charge is 2.24. The van der Waals surface area contributed by atoms with Crippen LogP contribution < -0.4 is 5.32 Å². The predicted molar refractivity (Wildman–Crippen MR) is 120 cm³/mol. The van der Waals surface area contributed by atoms with Crippen LogP contribution in [-0.4, -0.2) is 25.0 Å². The summed E-state index contributed by atoms with van der Waals surface area (Å²) in [6, 6.07) is 23.9. The minimum atomic E-state index is -0.835. The SMILES string of the molecule is COC(=O)[C@@H](Cc1cccc(Cl)c1)NC(=O)c1c2ccccc2cc2ccccc12. The highest BCUT2D eigenvalue weighted by atomic mass is 35.5. The normalized spacial score (nSPS) is 11.9. The highest BCUT2D eigenvalue weighted by molar-refractivity contribution is 6.30. The number of amides is 1. The topological polar surface area (TPSA) is 55.4 Å². The number of esters is 1. The number of halogens is 1. The van der Waals surface area contributed by atoms with E-state index in [1.165, 1.54) is 7.11 Å². The van der Waals surface area contributed by atoms with Gasteiger partial charge >= 0.3 is 5.97 Å². The van der Waals surface area contributed by atoms with Crippen molar-refractivity contribution in [1.82, 2.24) is 5.32 Å². The first kappa shape index (κ1) is 19.9. The summed E-state index contributed by atoms with van der Waals surface area (Å²) >= 11 is 6.07. The largest absolute Gasteiger partial charge is 0.467 e. The molecule has 1 amide bonds. The third-order valence-corrected chi connectivity index (χ3v) is 5.35. The van der Waals surface area contributed by atoms with Crippen molar-refractivity contribution in [3.63, 3.8) is 0 Å². The van der Waals surface area contributed by atoms with Gasteiger partial charge in [0.25, 0.3) is 5.91 Å². The van der Waals surface area contributed by atoms with Crippen LogP contribution in [0.2, 0.25) is 5.02 Å². The molecular weight excluding hydrogens is 398 g/mol. The van der Waals surface area contributed by atoms with Gasteiger partial charge in [0.05, 0.1) is 12.7 Å². The number of rotatable bonds is 5. The van der Waals surface area contributed by atoms with Crippen molar-refractivity contribution in [2.45, 2.75) is 12.5 Å². The van der Waals surface area contributed by atoms with Gasteiger partial charge in [-0.25, -0.2) is 4.79 Å². The molecule has 0 aliphatic rings. The Labute approximate surface area is 179 Å². The van der Waals surface area contributed by atoms with Crippen LogP contribution in [0.3, 0.4) is 0 Å². The molecule has 4 rings (SSSR count). The molecule has 4 nitrogen and oxygen atoms in total. The zero-order chi connectivity index (χ0) is 21.1. The van der Waals surface area contributed by atoms with E-state index in [1.54, 1.807) is 12.1 Å². The Kier molecular flexibility index (Phi) is 5.68. The third kappa shape index (κ3) is 4.00. The lowest BCUT2D eigenvalue weighted by molar-refractivity contribution is -0.142. The number of hydrogen-bond donors (Lipinski definition) is 1. The minimum Gasteiger partial charge on any atom is -0.467 e. The molecule has 0 radical (unpaired) electrons. The van der Waals surface area contributed by atoms with Crippen molar-refractivity contribution in [1.29, 1.82) is 0 Å². The lowest BCUT2D eigenvalue weighted by atomic mass is 9.95. The second-order valence-electron chi connectivity index (χ2n) is 7.08. The molecule has 0 aliphatic carbocycles. The molecule has 4 aromatic rings. The summed E-state index contributed by atoms with van der Waals surface area (Å²) in [6.07, 6.45) is 0.279. The van der Waals surface area contributed by atoms with Crippen molar-refractivity contribution in [3.05, 3.63) is 95.0 Å². The molecule has 0 heterocycles. The summed E-state index contributed by atoms with van der Waals surface area (Å²) in [6.45, 7) is 0. The van der Waals surface area contributed by atoms with Crippen LogP contribution in [0.15, 0.2) is 78.9 Å². The molecule has 1 N–H and O–H groups in total. The first-order valence-electron chi connectivity index (χ1n) is 9.60. The first-order valence-corrected chi connectivity index (χ1v) is 9.98. The van der Waals surface area contributed by atoms with Gasteiger partial charge in [-0.15, -0.1) is 0 Å². The Morgan fingerprint density at radius 2 is 1.53 bits per heavy atom. The third-order valence-electron chi connectivity index (χ3n) is 5.12. The van der Waals surface area contributed by atoms with Gasteiger partial charge in [-0.3, -0.25) is 4.79 Å². The van der Waals surface area contributed by atoms with Crippen molar-refractivity contribution in [2.24, 2.45) is 0 Å². The van der Waals surface area contributed by atoms with E-state index >= 15 is 0 Å². The summed E-state index contributed by atoms with van der Waals surface area (Å²) in [5, 5.41) is 7.05. The van der Waals surface area contributed by atoms with Gasteiger partial charge in [0.1, 0.15) is 6.04 Å². The second-order valence-corrected chi connectivity index (χ2v) is 7.51. The molecule has 0 bridgehead atoms. The molecule has 30 heavy (non-hydrogen) atoms. The van der Waals surface area contributed by atoms with E-state index in [4.69, 9.17) is 16.3 Å². The summed E-state index contributed by atoms with van der Waals surface area (Å²) in [5.74, 6) is -0.826. The molecule has 1 atom stereocenters. The number of fused-ring (bicyclic) bond motifs is 2. The fourth-order valence-electron chi connectivity index (χ4n) is 3.72. The Balaban J connectivity index is 1.75. The predicted octanol–water partition coefficient (Wildman–Crippen LogP) is 5.16. The van der Waals surface area contributed by atoms with E-state index in [0.717, 1.165) is 27.1 Å². The number of hydrogen-bond acceptors (Lipinski definition) is 3. The quantitative estimate of drug-likeness (QED) is 0.360. The van der Waals surface area contributed by atoms with Crippen molar-refractivity contribution in [2.75, 3.05) is 7.11 Å².